The van der Waals surface area contributed by atoms with E-state index in [1.165, 1.54) is 23.5 Å². The topological polar surface area (TPSA) is 73.1 Å². The minimum Gasteiger partial charge on any atom is -0.370 e. The number of ether oxygens (including phenoxy) is 1. The molecule has 7 heteroatoms. The van der Waals surface area contributed by atoms with E-state index in [1.54, 1.807) is 23.9 Å². The molecule has 142 valence electrons. The van der Waals surface area contributed by atoms with Crippen molar-refractivity contribution in [3.05, 3.63) is 70.4 Å². The number of hydrogen-bond acceptors (Lipinski definition) is 6. The van der Waals surface area contributed by atoms with E-state index in [0.29, 0.717) is 30.5 Å². The molecule has 1 aromatic carbocycles. The quantitative estimate of drug-likeness (QED) is 0.683. The van der Waals surface area contributed by atoms with Crippen molar-refractivity contribution in [2.75, 3.05) is 18.1 Å². The van der Waals surface area contributed by atoms with Crippen molar-refractivity contribution in [2.45, 2.75) is 25.0 Å². The molecule has 2 aliphatic rings. The zero-order valence-electron chi connectivity index (χ0n) is 15.7. The van der Waals surface area contributed by atoms with Crippen LogP contribution in [0.2, 0.25) is 0 Å². The molecule has 0 bridgehead atoms. The number of hydrogen-bond donors (Lipinski definition) is 0. The average Bonchev–Trinajstić information content (AvgIpc) is 2.75. The fourth-order valence-electron chi connectivity index (χ4n) is 4.27. The van der Waals surface area contributed by atoms with Gasteiger partial charge in [-0.25, -0.2) is 15.0 Å². The Morgan fingerprint density at radius 3 is 2.93 bits per heavy atom. The van der Waals surface area contributed by atoms with Crippen molar-refractivity contribution >= 4 is 5.95 Å². The van der Waals surface area contributed by atoms with Crippen LogP contribution in [0.15, 0.2) is 53.7 Å². The van der Waals surface area contributed by atoms with Gasteiger partial charge in [-0.1, -0.05) is 24.3 Å². The second-order valence-electron chi connectivity index (χ2n) is 7.22. The zero-order valence-corrected chi connectivity index (χ0v) is 15.7. The van der Waals surface area contributed by atoms with Gasteiger partial charge in [-0.15, -0.1) is 0 Å². The Hall–Kier alpha value is -3.06. The lowest BCUT2D eigenvalue weighted by Gasteiger charge is -2.45. The fourth-order valence-corrected chi connectivity index (χ4v) is 4.27. The second-order valence-corrected chi connectivity index (χ2v) is 7.22. The second kappa shape index (κ2) is 6.83. The van der Waals surface area contributed by atoms with Gasteiger partial charge in [0, 0.05) is 25.9 Å². The Labute approximate surface area is 162 Å². The Morgan fingerprint density at radius 2 is 2.07 bits per heavy atom. The molecule has 3 heterocycles. The maximum Gasteiger partial charge on any atom is 0.255 e. The van der Waals surface area contributed by atoms with Gasteiger partial charge in [-0.05, 0) is 30.0 Å². The Bertz CT molecular complexity index is 1070. The van der Waals surface area contributed by atoms with Crippen LogP contribution in [0.4, 0.5) is 5.95 Å². The number of nitrogens with zero attached hydrogens (tertiary/aromatic N) is 5. The van der Waals surface area contributed by atoms with E-state index in [1.807, 2.05) is 0 Å². The number of benzene rings is 1. The van der Waals surface area contributed by atoms with Crippen molar-refractivity contribution in [1.82, 2.24) is 19.5 Å². The predicted molar refractivity (Wildman–Crippen MR) is 105 cm³/mol. The summed E-state index contributed by atoms with van der Waals surface area (Å²) in [5.74, 6) is 0.666. The van der Waals surface area contributed by atoms with E-state index >= 15 is 0 Å². The number of aromatic nitrogens is 4. The zero-order chi connectivity index (χ0) is 19.1. The van der Waals surface area contributed by atoms with Crippen LogP contribution in [-0.2, 0) is 18.2 Å². The molecular formula is C21H21N5O2. The fraction of sp³-hybridized carbons (Fsp3) is 0.333. The molecule has 0 N–H and O–H groups in total. The van der Waals surface area contributed by atoms with E-state index in [-0.39, 0.29) is 17.7 Å². The first-order valence-electron chi connectivity index (χ1n) is 9.53. The van der Waals surface area contributed by atoms with Gasteiger partial charge in [0.1, 0.15) is 12.4 Å². The van der Waals surface area contributed by atoms with Gasteiger partial charge in [0.25, 0.3) is 5.56 Å². The first kappa shape index (κ1) is 17.1. The molecule has 0 spiro atoms. The lowest BCUT2D eigenvalue weighted by molar-refractivity contribution is 0.00176. The summed E-state index contributed by atoms with van der Waals surface area (Å²) in [7, 11) is 1.77. The highest BCUT2D eigenvalue weighted by Crippen LogP contribution is 2.39. The van der Waals surface area contributed by atoms with Gasteiger partial charge in [-0.2, -0.15) is 0 Å². The number of anilines is 1. The van der Waals surface area contributed by atoms with Crippen LogP contribution in [0, 0.1) is 0 Å². The van der Waals surface area contributed by atoms with Crippen molar-refractivity contribution in [3.63, 3.8) is 0 Å². The van der Waals surface area contributed by atoms with Crippen LogP contribution in [0.1, 0.15) is 23.7 Å². The SMILES string of the molecule is Cn1c(N2CCO[C@@H]3c4ccccc4CC[C@@H]32)nc(-c2ccncn2)cc1=O. The summed E-state index contributed by atoms with van der Waals surface area (Å²) in [4.78, 5) is 27.9. The predicted octanol–water partition coefficient (Wildman–Crippen LogP) is 2.13. The Morgan fingerprint density at radius 1 is 1.18 bits per heavy atom. The molecule has 3 aromatic rings. The van der Waals surface area contributed by atoms with Crippen molar-refractivity contribution in [3.8, 4) is 11.4 Å². The molecule has 0 saturated carbocycles. The van der Waals surface area contributed by atoms with Crippen molar-refractivity contribution in [2.24, 2.45) is 7.05 Å². The molecule has 7 nitrogen and oxygen atoms in total. The Kier molecular flexibility index (Phi) is 4.16. The molecular weight excluding hydrogens is 354 g/mol. The molecule has 0 radical (unpaired) electrons. The molecule has 2 atom stereocenters. The highest BCUT2D eigenvalue weighted by molar-refractivity contribution is 5.55. The van der Waals surface area contributed by atoms with Crippen LogP contribution in [0.25, 0.3) is 11.4 Å². The summed E-state index contributed by atoms with van der Waals surface area (Å²) in [6.45, 7) is 1.31. The van der Waals surface area contributed by atoms with Crippen LogP contribution >= 0.6 is 0 Å². The van der Waals surface area contributed by atoms with Crippen LogP contribution < -0.4 is 10.5 Å². The van der Waals surface area contributed by atoms with Gasteiger partial charge in [-0.3, -0.25) is 9.36 Å². The lowest BCUT2D eigenvalue weighted by Crippen LogP contribution is -2.51. The first-order chi connectivity index (χ1) is 13.7. The van der Waals surface area contributed by atoms with Crippen LogP contribution in [0.3, 0.4) is 0 Å². The van der Waals surface area contributed by atoms with E-state index in [4.69, 9.17) is 9.72 Å². The van der Waals surface area contributed by atoms with Crippen molar-refractivity contribution in [1.29, 1.82) is 0 Å². The molecule has 1 fully saturated rings. The molecule has 28 heavy (non-hydrogen) atoms. The molecule has 1 aliphatic heterocycles. The third-order valence-corrected chi connectivity index (χ3v) is 5.66. The molecule has 1 aliphatic carbocycles. The first-order valence-corrected chi connectivity index (χ1v) is 9.53. The van der Waals surface area contributed by atoms with Gasteiger partial charge < -0.3 is 9.64 Å². The highest BCUT2D eigenvalue weighted by Gasteiger charge is 2.38. The number of rotatable bonds is 2. The number of morpholine rings is 1. The van der Waals surface area contributed by atoms with Crippen molar-refractivity contribution < 1.29 is 4.74 Å². The standard InChI is InChI=1S/C21H21N5O2/c1-25-19(27)12-17(16-8-9-22-13-23-16)24-21(25)26-10-11-28-20-15-5-3-2-4-14(15)6-7-18(20)26/h2-5,8-9,12-13,18,20H,6-7,10-11H2,1H3/t18-,20+/m0/s1. The van der Waals surface area contributed by atoms with E-state index in [9.17, 15) is 4.79 Å². The molecule has 1 saturated heterocycles. The summed E-state index contributed by atoms with van der Waals surface area (Å²) < 4.78 is 7.79. The van der Waals surface area contributed by atoms with Crippen LogP contribution in [-0.4, -0.2) is 38.7 Å². The van der Waals surface area contributed by atoms with E-state index in [2.05, 4.69) is 39.1 Å². The third-order valence-electron chi connectivity index (χ3n) is 5.66. The number of fused-ring (bicyclic) bond motifs is 3. The van der Waals surface area contributed by atoms with Gasteiger partial charge in [0.15, 0.2) is 0 Å². The van der Waals surface area contributed by atoms with Gasteiger partial charge in [0.2, 0.25) is 5.95 Å². The smallest absolute Gasteiger partial charge is 0.255 e. The van der Waals surface area contributed by atoms with E-state index < -0.39 is 0 Å². The highest BCUT2D eigenvalue weighted by atomic mass is 16.5. The summed E-state index contributed by atoms with van der Waals surface area (Å²) in [5.41, 5.74) is 3.72. The van der Waals surface area contributed by atoms with Gasteiger partial charge in [0.05, 0.1) is 24.0 Å². The molecule has 0 unspecified atom stereocenters. The largest absolute Gasteiger partial charge is 0.370 e. The summed E-state index contributed by atoms with van der Waals surface area (Å²) in [5, 5.41) is 0. The summed E-state index contributed by atoms with van der Waals surface area (Å²) in [6.07, 6.45) is 5.09. The monoisotopic (exact) mass is 375 g/mol. The molecule has 0 amide bonds. The average molecular weight is 375 g/mol. The number of aryl methyl sites for hydroxylation is 1. The van der Waals surface area contributed by atoms with E-state index in [0.717, 1.165) is 12.8 Å². The maximum absolute atomic E-state index is 12.7. The summed E-state index contributed by atoms with van der Waals surface area (Å²) >= 11 is 0. The van der Waals surface area contributed by atoms with Gasteiger partial charge >= 0.3 is 0 Å². The normalized spacial score (nSPS) is 21.1. The summed E-state index contributed by atoms with van der Waals surface area (Å²) in [6, 6.07) is 11.9. The third kappa shape index (κ3) is 2.79. The van der Waals surface area contributed by atoms with Crippen LogP contribution in [0.5, 0.6) is 0 Å². The maximum atomic E-state index is 12.7. The Balaban J connectivity index is 1.58. The lowest BCUT2D eigenvalue weighted by atomic mass is 9.84. The molecule has 2 aromatic heterocycles. The minimum atomic E-state index is -0.0992. The minimum absolute atomic E-state index is 0.00157. The molecule has 5 rings (SSSR count).